The van der Waals surface area contributed by atoms with Gasteiger partial charge in [-0.3, -0.25) is 0 Å². The van der Waals surface area contributed by atoms with Crippen molar-refractivity contribution in [3.63, 3.8) is 0 Å². The summed E-state index contributed by atoms with van der Waals surface area (Å²) in [5.74, 6) is 1.11. The molecule has 1 fully saturated rings. The van der Waals surface area contributed by atoms with Crippen LogP contribution in [0.4, 0.5) is 0 Å². The van der Waals surface area contributed by atoms with Crippen LogP contribution in [0.25, 0.3) is 10.8 Å². The third kappa shape index (κ3) is 3.65. The SMILES string of the molecule is Cc1nccc(OC2CCCN(S(=O)(=O)c3cccc4ccccc34)C2)n1. The van der Waals surface area contributed by atoms with Gasteiger partial charge in [-0.1, -0.05) is 36.4 Å². The summed E-state index contributed by atoms with van der Waals surface area (Å²) < 4.78 is 34.0. The Hall–Kier alpha value is -2.51. The topological polar surface area (TPSA) is 72.4 Å². The van der Waals surface area contributed by atoms with E-state index in [1.165, 1.54) is 4.31 Å². The maximum atomic E-state index is 13.3. The van der Waals surface area contributed by atoms with Gasteiger partial charge >= 0.3 is 0 Å². The average molecular weight is 383 g/mol. The zero-order valence-corrected chi connectivity index (χ0v) is 15.9. The van der Waals surface area contributed by atoms with Crippen LogP contribution in [0.2, 0.25) is 0 Å². The molecule has 6 nitrogen and oxygen atoms in total. The molecule has 0 saturated carbocycles. The molecule has 0 aliphatic carbocycles. The lowest BCUT2D eigenvalue weighted by atomic mass is 10.1. The molecule has 3 aromatic rings. The molecule has 1 aromatic heterocycles. The number of piperidine rings is 1. The van der Waals surface area contributed by atoms with Gasteiger partial charge in [0.1, 0.15) is 11.9 Å². The van der Waals surface area contributed by atoms with Crippen LogP contribution >= 0.6 is 0 Å². The molecule has 140 valence electrons. The summed E-state index contributed by atoms with van der Waals surface area (Å²) in [5.41, 5.74) is 0. The molecule has 4 rings (SSSR count). The lowest BCUT2D eigenvalue weighted by Gasteiger charge is -2.32. The van der Waals surface area contributed by atoms with Crippen molar-refractivity contribution >= 4 is 20.8 Å². The fourth-order valence-corrected chi connectivity index (χ4v) is 5.17. The fraction of sp³-hybridized carbons (Fsp3) is 0.300. The normalized spacial score (nSPS) is 18.5. The minimum absolute atomic E-state index is 0.224. The van der Waals surface area contributed by atoms with Gasteiger partial charge in [0.25, 0.3) is 0 Å². The predicted molar refractivity (Wildman–Crippen MR) is 103 cm³/mol. The highest BCUT2D eigenvalue weighted by atomic mass is 32.2. The minimum Gasteiger partial charge on any atom is -0.473 e. The Morgan fingerprint density at radius 2 is 1.93 bits per heavy atom. The van der Waals surface area contributed by atoms with Crippen molar-refractivity contribution in [2.24, 2.45) is 0 Å². The molecule has 1 aliphatic rings. The van der Waals surface area contributed by atoms with Gasteiger partial charge in [-0.05, 0) is 31.2 Å². The first-order valence-corrected chi connectivity index (χ1v) is 10.4. The molecule has 1 saturated heterocycles. The molecule has 1 unspecified atom stereocenters. The van der Waals surface area contributed by atoms with E-state index >= 15 is 0 Å². The lowest BCUT2D eigenvalue weighted by molar-refractivity contribution is 0.124. The van der Waals surface area contributed by atoms with E-state index in [2.05, 4.69) is 9.97 Å². The van der Waals surface area contributed by atoms with Crippen molar-refractivity contribution in [3.8, 4) is 5.88 Å². The second-order valence-corrected chi connectivity index (χ2v) is 8.57. The minimum atomic E-state index is -3.60. The van der Waals surface area contributed by atoms with Crippen LogP contribution < -0.4 is 4.74 Å². The van der Waals surface area contributed by atoms with E-state index in [9.17, 15) is 8.42 Å². The Kier molecular flexibility index (Phi) is 4.80. The Balaban J connectivity index is 1.60. The van der Waals surface area contributed by atoms with Gasteiger partial charge in [0.15, 0.2) is 0 Å². The number of benzene rings is 2. The van der Waals surface area contributed by atoms with E-state index in [0.717, 1.165) is 23.6 Å². The van der Waals surface area contributed by atoms with Crippen LogP contribution in [-0.4, -0.2) is 41.9 Å². The van der Waals surface area contributed by atoms with Crippen molar-refractivity contribution in [3.05, 3.63) is 60.6 Å². The van der Waals surface area contributed by atoms with E-state index in [-0.39, 0.29) is 6.10 Å². The van der Waals surface area contributed by atoms with Crippen molar-refractivity contribution in [2.75, 3.05) is 13.1 Å². The number of hydrogen-bond donors (Lipinski definition) is 0. The van der Waals surface area contributed by atoms with Crippen molar-refractivity contribution < 1.29 is 13.2 Å². The number of rotatable bonds is 4. The molecule has 2 aromatic carbocycles. The smallest absolute Gasteiger partial charge is 0.243 e. The highest BCUT2D eigenvalue weighted by molar-refractivity contribution is 7.89. The van der Waals surface area contributed by atoms with E-state index < -0.39 is 10.0 Å². The molecule has 1 atom stereocenters. The number of aromatic nitrogens is 2. The number of aryl methyl sites for hydroxylation is 1. The van der Waals surface area contributed by atoms with Gasteiger partial charge in [0.05, 0.1) is 11.4 Å². The number of sulfonamides is 1. The zero-order valence-electron chi connectivity index (χ0n) is 15.1. The molecular weight excluding hydrogens is 362 g/mol. The summed E-state index contributed by atoms with van der Waals surface area (Å²) in [6.07, 6.45) is 2.96. The standard InChI is InChI=1S/C20H21N3O3S/c1-15-21-12-11-20(22-15)26-17-8-5-13-23(14-17)27(24,25)19-10-4-7-16-6-2-3-9-18(16)19/h2-4,6-7,9-12,17H,5,8,13-14H2,1H3. The zero-order chi connectivity index (χ0) is 18.9. The molecule has 0 N–H and O–H groups in total. The number of ether oxygens (including phenoxy) is 1. The van der Waals surface area contributed by atoms with E-state index in [1.807, 2.05) is 30.3 Å². The first-order valence-electron chi connectivity index (χ1n) is 8.98. The molecule has 0 bridgehead atoms. The largest absolute Gasteiger partial charge is 0.473 e. The Bertz CT molecular complexity index is 1060. The maximum absolute atomic E-state index is 13.3. The van der Waals surface area contributed by atoms with Gasteiger partial charge in [-0.25, -0.2) is 13.4 Å². The second-order valence-electron chi connectivity index (χ2n) is 6.66. The Labute approximate surface area is 158 Å². The first kappa shape index (κ1) is 17.9. The average Bonchev–Trinajstić information content (AvgIpc) is 2.68. The Morgan fingerprint density at radius 3 is 2.78 bits per heavy atom. The highest BCUT2D eigenvalue weighted by Gasteiger charge is 2.32. The second kappa shape index (κ2) is 7.25. The summed E-state index contributed by atoms with van der Waals surface area (Å²) in [4.78, 5) is 8.66. The Morgan fingerprint density at radius 1 is 1.11 bits per heavy atom. The van der Waals surface area contributed by atoms with E-state index in [4.69, 9.17) is 4.74 Å². The van der Waals surface area contributed by atoms with E-state index in [1.54, 1.807) is 31.3 Å². The summed E-state index contributed by atoms with van der Waals surface area (Å²) in [7, 11) is -3.60. The van der Waals surface area contributed by atoms with Crippen LogP contribution in [0, 0.1) is 6.92 Å². The summed E-state index contributed by atoms with van der Waals surface area (Å²) in [6.45, 7) is 2.60. The van der Waals surface area contributed by atoms with E-state index in [0.29, 0.717) is 29.7 Å². The molecule has 0 spiro atoms. The van der Waals surface area contributed by atoms with Crippen LogP contribution in [0.15, 0.2) is 59.6 Å². The maximum Gasteiger partial charge on any atom is 0.243 e. The van der Waals surface area contributed by atoms with Crippen LogP contribution in [0.3, 0.4) is 0 Å². The van der Waals surface area contributed by atoms with Gasteiger partial charge in [0.2, 0.25) is 15.9 Å². The van der Waals surface area contributed by atoms with Crippen LogP contribution in [0.1, 0.15) is 18.7 Å². The molecular formula is C20H21N3O3S. The third-order valence-electron chi connectivity index (χ3n) is 4.75. The summed E-state index contributed by atoms with van der Waals surface area (Å²) in [6, 6.07) is 14.6. The molecule has 1 aliphatic heterocycles. The van der Waals surface area contributed by atoms with Gasteiger partial charge in [-0.2, -0.15) is 9.29 Å². The monoisotopic (exact) mass is 383 g/mol. The molecule has 2 heterocycles. The van der Waals surface area contributed by atoms with Crippen LogP contribution in [0.5, 0.6) is 5.88 Å². The van der Waals surface area contributed by atoms with Gasteiger partial charge in [0, 0.05) is 24.2 Å². The third-order valence-corrected chi connectivity index (χ3v) is 6.67. The van der Waals surface area contributed by atoms with Crippen molar-refractivity contribution in [2.45, 2.75) is 30.8 Å². The molecule has 0 radical (unpaired) electrons. The fourth-order valence-electron chi connectivity index (χ4n) is 3.45. The lowest BCUT2D eigenvalue weighted by Crippen LogP contribution is -2.44. The summed E-state index contributed by atoms with van der Waals surface area (Å²) in [5, 5.41) is 1.66. The van der Waals surface area contributed by atoms with Crippen molar-refractivity contribution in [1.82, 2.24) is 14.3 Å². The van der Waals surface area contributed by atoms with Gasteiger partial charge in [-0.15, -0.1) is 0 Å². The number of hydrogen-bond acceptors (Lipinski definition) is 5. The number of nitrogens with zero attached hydrogens (tertiary/aromatic N) is 3. The molecule has 27 heavy (non-hydrogen) atoms. The highest BCUT2D eigenvalue weighted by Crippen LogP contribution is 2.28. The first-order chi connectivity index (χ1) is 13.0. The summed E-state index contributed by atoms with van der Waals surface area (Å²) >= 11 is 0. The van der Waals surface area contributed by atoms with Crippen LogP contribution in [-0.2, 0) is 10.0 Å². The number of fused-ring (bicyclic) bond motifs is 1. The quantitative estimate of drug-likeness (QED) is 0.692. The predicted octanol–water partition coefficient (Wildman–Crippen LogP) is 3.17. The molecule has 7 heteroatoms. The molecule has 0 amide bonds. The van der Waals surface area contributed by atoms with Crippen molar-refractivity contribution in [1.29, 1.82) is 0 Å². The van der Waals surface area contributed by atoms with Gasteiger partial charge < -0.3 is 4.74 Å².